The van der Waals surface area contributed by atoms with E-state index in [9.17, 15) is 15.0 Å². The van der Waals surface area contributed by atoms with Crippen molar-refractivity contribution < 1.29 is 14.9 Å². The number of aromatic nitrogens is 2. The Morgan fingerprint density at radius 1 is 1.68 bits per heavy atom. The molecule has 4 atom stereocenters. The molecule has 102 valence electrons. The zero-order chi connectivity index (χ0) is 14.2. The number of terminal acetylenes is 1. The van der Waals surface area contributed by atoms with E-state index in [-0.39, 0.29) is 5.82 Å². The molecule has 1 saturated heterocycles. The second-order valence-corrected chi connectivity index (χ2v) is 4.37. The first-order chi connectivity index (χ1) is 8.95. The molecule has 0 bridgehead atoms. The van der Waals surface area contributed by atoms with Gasteiger partial charge in [0.1, 0.15) is 18.0 Å². The van der Waals surface area contributed by atoms with E-state index >= 15 is 0 Å². The molecule has 1 aromatic heterocycles. The Kier molecular flexibility index (Phi) is 3.32. The number of nitrogens with two attached hydrogens (primary N) is 1. The van der Waals surface area contributed by atoms with Gasteiger partial charge in [-0.1, -0.05) is 12.8 Å². The average Bonchev–Trinajstić information content (AvgIpc) is 2.64. The van der Waals surface area contributed by atoms with E-state index in [1.165, 1.54) is 12.3 Å². The Morgan fingerprint density at radius 2 is 2.37 bits per heavy atom. The standard InChI is InChI=1S/C12H15N3O4/c1-3-12(4-2)9(17)8(16)10(19-12)15-6-5-7(13)14-11(15)18/h1,5-6,8-10,16-17H,4H2,2H3,(H2,13,14,18)/t8-,9+,10-,12-/m1/s1. The van der Waals surface area contributed by atoms with Gasteiger partial charge in [0.05, 0.1) is 0 Å². The van der Waals surface area contributed by atoms with Crippen LogP contribution in [0.25, 0.3) is 0 Å². The van der Waals surface area contributed by atoms with Crippen LogP contribution in [-0.4, -0.2) is 37.6 Å². The predicted molar refractivity (Wildman–Crippen MR) is 66.9 cm³/mol. The summed E-state index contributed by atoms with van der Waals surface area (Å²) in [6, 6.07) is 1.39. The van der Waals surface area contributed by atoms with E-state index in [1.54, 1.807) is 6.92 Å². The smallest absolute Gasteiger partial charge is 0.351 e. The molecule has 1 aromatic rings. The van der Waals surface area contributed by atoms with Crippen molar-refractivity contribution in [2.75, 3.05) is 5.73 Å². The first kappa shape index (κ1) is 13.5. The predicted octanol–water partition coefficient (Wildman–Crippen LogP) is -1.14. The van der Waals surface area contributed by atoms with Crippen LogP contribution in [-0.2, 0) is 4.74 Å². The normalized spacial score (nSPS) is 34.1. The summed E-state index contributed by atoms with van der Waals surface area (Å²) in [7, 11) is 0. The topological polar surface area (TPSA) is 111 Å². The fourth-order valence-corrected chi connectivity index (χ4v) is 2.14. The van der Waals surface area contributed by atoms with Crippen LogP contribution in [0.1, 0.15) is 19.6 Å². The second kappa shape index (κ2) is 4.66. The number of nitrogens with zero attached hydrogens (tertiary/aromatic N) is 2. The summed E-state index contributed by atoms with van der Waals surface area (Å²) in [4.78, 5) is 15.3. The van der Waals surface area contributed by atoms with Crippen LogP contribution in [0.4, 0.5) is 5.82 Å². The lowest BCUT2D eigenvalue weighted by Gasteiger charge is -2.24. The van der Waals surface area contributed by atoms with Gasteiger partial charge in [-0.3, -0.25) is 4.57 Å². The second-order valence-electron chi connectivity index (χ2n) is 4.37. The van der Waals surface area contributed by atoms with Gasteiger partial charge in [-0.05, 0) is 12.5 Å². The van der Waals surface area contributed by atoms with Crippen molar-refractivity contribution in [3.8, 4) is 12.3 Å². The van der Waals surface area contributed by atoms with E-state index in [4.69, 9.17) is 16.9 Å². The van der Waals surface area contributed by atoms with Crippen LogP contribution in [0, 0.1) is 12.3 Å². The van der Waals surface area contributed by atoms with Crippen LogP contribution in [0.5, 0.6) is 0 Å². The third-order valence-corrected chi connectivity index (χ3v) is 3.32. The average molecular weight is 265 g/mol. The zero-order valence-corrected chi connectivity index (χ0v) is 10.4. The number of nitrogen functional groups attached to an aromatic ring is 1. The summed E-state index contributed by atoms with van der Waals surface area (Å²) in [5, 5.41) is 20.0. The van der Waals surface area contributed by atoms with Crippen LogP contribution < -0.4 is 11.4 Å². The fraction of sp³-hybridized carbons (Fsp3) is 0.500. The van der Waals surface area contributed by atoms with Crippen LogP contribution in [0.15, 0.2) is 17.1 Å². The van der Waals surface area contributed by atoms with Gasteiger partial charge >= 0.3 is 5.69 Å². The van der Waals surface area contributed by atoms with Gasteiger partial charge in [0.2, 0.25) is 0 Å². The molecular weight excluding hydrogens is 250 g/mol. The SMILES string of the molecule is C#C[C@]1(CC)O[C@@H](n2ccc(N)nc2=O)[C@H](O)[C@@H]1O. The lowest BCUT2D eigenvalue weighted by molar-refractivity contribution is -0.0726. The largest absolute Gasteiger partial charge is 0.386 e. The summed E-state index contributed by atoms with van der Waals surface area (Å²) in [5.41, 5.74) is 3.39. The van der Waals surface area contributed by atoms with Crippen molar-refractivity contribution in [3.05, 3.63) is 22.7 Å². The van der Waals surface area contributed by atoms with E-state index in [0.717, 1.165) is 4.57 Å². The highest BCUT2D eigenvalue weighted by atomic mass is 16.6. The molecule has 0 amide bonds. The highest BCUT2D eigenvalue weighted by molar-refractivity contribution is 5.24. The van der Waals surface area contributed by atoms with Gasteiger partial charge in [0.25, 0.3) is 0 Å². The lowest BCUT2D eigenvalue weighted by atomic mass is 9.93. The maximum absolute atomic E-state index is 11.7. The number of rotatable bonds is 2. The lowest BCUT2D eigenvalue weighted by Crippen LogP contribution is -2.41. The van der Waals surface area contributed by atoms with E-state index in [1.807, 2.05) is 0 Å². The first-order valence-corrected chi connectivity index (χ1v) is 5.81. The van der Waals surface area contributed by atoms with Crippen molar-refractivity contribution in [1.82, 2.24) is 9.55 Å². The summed E-state index contributed by atoms with van der Waals surface area (Å²) in [6.45, 7) is 1.72. The monoisotopic (exact) mass is 265 g/mol. The minimum absolute atomic E-state index is 0.0630. The summed E-state index contributed by atoms with van der Waals surface area (Å²) in [6.07, 6.45) is 3.32. The van der Waals surface area contributed by atoms with Gasteiger partial charge in [0.15, 0.2) is 11.8 Å². The molecule has 1 aliphatic heterocycles. The summed E-state index contributed by atoms with van der Waals surface area (Å²) >= 11 is 0. The Balaban J connectivity index is 2.43. The quantitative estimate of drug-likeness (QED) is 0.583. The molecule has 4 N–H and O–H groups in total. The third-order valence-electron chi connectivity index (χ3n) is 3.32. The summed E-state index contributed by atoms with van der Waals surface area (Å²) < 4.78 is 6.58. The van der Waals surface area contributed by atoms with Gasteiger partial charge in [-0.2, -0.15) is 4.98 Å². The fourth-order valence-electron chi connectivity index (χ4n) is 2.14. The van der Waals surface area contributed by atoms with Gasteiger partial charge < -0.3 is 20.7 Å². The molecule has 0 aliphatic carbocycles. The summed E-state index contributed by atoms with van der Waals surface area (Å²) in [5.74, 6) is 2.41. The third kappa shape index (κ3) is 2.00. The Hall–Kier alpha value is -1.88. The molecule has 0 radical (unpaired) electrons. The number of aliphatic hydroxyl groups excluding tert-OH is 2. The highest BCUT2D eigenvalue weighted by Gasteiger charge is 2.53. The van der Waals surface area contributed by atoms with Gasteiger partial charge in [-0.15, -0.1) is 6.42 Å². The first-order valence-electron chi connectivity index (χ1n) is 5.81. The van der Waals surface area contributed by atoms with Crippen LogP contribution in [0.3, 0.4) is 0 Å². The molecule has 0 saturated carbocycles. The minimum atomic E-state index is -1.32. The molecule has 7 nitrogen and oxygen atoms in total. The van der Waals surface area contributed by atoms with E-state index in [2.05, 4.69) is 10.9 Å². The zero-order valence-electron chi connectivity index (χ0n) is 10.4. The van der Waals surface area contributed by atoms with Crippen molar-refractivity contribution in [2.45, 2.75) is 37.4 Å². The molecule has 0 aromatic carbocycles. The maximum atomic E-state index is 11.7. The van der Waals surface area contributed by atoms with Crippen LogP contribution in [0.2, 0.25) is 0 Å². The molecule has 0 spiro atoms. The highest BCUT2D eigenvalue weighted by Crippen LogP contribution is 2.38. The number of hydrogen-bond acceptors (Lipinski definition) is 6. The Morgan fingerprint density at radius 3 is 2.84 bits per heavy atom. The Labute approximate surface area is 109 Å². The molecule has 0 unspecified atom stereocenters. The van der Waals surface area contributed by atoms with Gasteiger partial charge in [0, 0.05) is 6.20 Å². The number of hydrogen-bond donors (Lipinski definition) is 3. The van der Waals surface area contributed by atoms with E-state index in [0.29, 0.717) is 6.42 Å². The molecule has 1 fully saturated rings. The maximum Gasteiger partial charge on any atom is 0.351 e. The van der Waals surface area contributed by atoms with Crippen molar-refractivity contribution in [3.63, 3.8) is 0 Å². The number of ether oxygens (including phenoxy) is 1. The van der Waals surface area contributed by atoms with Gasteiger partial charge in [-0.25, -0.2) is 4.79 Å². The molecule has 1 aliphatic rings. The molecule has 2 heterocycles. The number of anilines is 1. The van der Waals surface area contributed by atoms with Crippen molar-refractivity contribution in [1.29, 1.82) is 0 Å². The van der Waals surface area contributed by atoms with Crippen molar-refractivity contribution in [2.24, 2.45) is 0 Å². The Bertz CT molecular complexity index is 579. The molecular formula is C12H15N3O4. The van der Waals surface area contributed by atoms with Crippen LogP contribution >= 0.6 is 0 Å². The number of aliphatic hydroxyl groups is 2. The van der Waals surface area contributed by atoms with E-state index < -0.39 is 29.7 Å². The molecule has 2 rings (SSSR count). The molecule has 19 heavy (non-hydrogen) atoms. The molecule has 7 heteroatoms. The minimum Gasteiger partial charge on any atom is -0.386 e. The van der Waals surface area contributed by atoms with Crippen molar-refractivity contribution >= 4 is 5.82 Å².